The second kappa shape index (κ2) is 8.84. The van der Waals surface area contributed by atoms with Crippen LogP contribution in [0.3, 0.4) is 0 Å². The molecular weight excluding hydrogens is 428 g/mol. The number of pyridine rings is 2. The molecule has 0 aliphatic carbocycles. The first-order valence-electron chi connectivity index (χ1n) is 9.06. The maximum atomic E-state index is 12.6. The summed E-state index contributed by atoms with van der Waals surface area (Å²) < 4.78 is 0. The van der Waals surface area contributed by atoms with Crippen molar-refractivity contribution in [3.8, 4) is 22.6 Å². The second-order valence-corrected chi connectivity index (χ2v) is 8.25. The maximum absolute atomic E-state index is 12.6. The van der Waals surface area contributed by atoms with Gasteiger partial charge in [-0.15, -0.1) is 11.3 Å². The third kappa shape index (κ3) is 4.05. The predicted molar refractivity (Wildman–Crippen MR) is 122 cm³/mol. The molecule has 3 aromatic heterocycles. The summed E-state index contributed by atoms with van der Waals surface area (Å²) >= 11 is 2.50. The van der Waals surface area contributed by atoms with Crippen molar-refractivity contribution in [1.29, 1.82) is 10.5 Å². The Morgan fingerprint density at radius 2 is 1.97 bits per heavy atom. The Labute approximate surface area is 186 Å². The zero-order chi connectivity index (χ0) is 21.8. The standard InChI is InChI=1S/C22H14N6OS2/c23-10-14-20(18-7-3-9-30-18)15(11-24)22(28-21(14)25)31-12-19(29)27-17-6-1-5-16-13(17)4-2-8-26-16/h1-9H,12H2,(H2,25,28)(H,27,29). The fourth-order valence-corrected chi connectivity index (χ4v) is 4.68. The van der Waals surface area contributed by atoms with Gasteiger partial charge in [-0.3, -0.25) is 9.78 Å². The molecule has 7 nitrogen and oxygen atoms in total. The van der Waals surface area contributed by atoms with E-state index in [-0.39, 0.29) is 28.6 Å². The quantitative estimate of drug-likeness (QED) is 0.438. The van der Waals surface area contributed by atoms with Crippen molar-refractivity contribution in [3.63, 3.8) is 0 Å². The molecule has 0 aliphatic rings. The van der Waals surface area contributed by atoms with E-state index in [1.54, 1.807) is 12.3 Å². The number of hydrogen-bond acceptors (Lipinski definition) is 8. The fraction of sp³-hybridized carbons (Fsp3) is 0.0455. The van der Waals surface area contributed by atoms with Gasteiger partial charge in [0, 0.05) is 22.0 Å². The molecule has 0 saturated heterocycles. The molecule has 31 heavy (non-hydrogen) atoms. The highest BCUT2D eigenvalue weighted by atomic mass is 32.2. The average molecular weight is 443 g/mol. The van der Waals surface area contributed by atoms with Gasteiger partial charge in [0.05, 0.1) is 22.5 Å². The van der Waals surface area contributed by atoms with Crippen molar-refractivity contribution in [2.45, 2.75) is 5.03 Å². The number of carbonyl (C=O) groups is 1. The summed E-state index contributed by atoms with van der Waals surface area (Å²) in [5.41, 5.74) is 8.28. The lowest BCUT2D eigenvalue weighted by molar-refractivity contribution is -0.113. The average Bonchev–Trinajstić information content (AvgIpc) is 3.32. The third-order valence-electron chi connectivity index (χ3n) is 4.44. The Kier molecular flexibility index (Phi) is 5.80. The van der Waals surface area contributed by atoms with Gasteiger partial charge >= 0.3 is 0 Å². The Balaban J connectivity index is 1.61. The molecule has 0 fully saturated rings. The minimum absolute atomic E-state index is 0.0214. The molecule has 0 radical (unpaired) electrons. The maximum Gasteiger partial charge on any atom is 0.234 e. The van der Waals surface area contributed by atoms with Gasteiger partial charge in [-0.05, 0) is 35.7 Å². The highest BCUT2D eigenvalue weighted by Gasteiger charge is 2.21. The SMILES string of the molecule is N#Cc1c(N)nc(SCC(=O)Nc2cccc3ncccc23)c(C#N)c1-c1cccs1. The number of rotatable bonds is 5. The van der Waals surface area contributed by atoms with Crippen LogP contribution in [0.25, 0.3) is 21.3 Å². The van der Waals surface area contributed by atoms with Crippen molar-refractivity contribution in [1.82, 2.24) is 9.97 Å². The smallest absolute Gasteiger partial charge is 0.234 e. The molecule has 0 saturated carbocycles. The second-order valence-electron chi connectivity index (χ2n) is 6.34. The van der Waals surface area contributed by atoms with Gasteiger partial charge in [0.15, 0.2) is 0 Å². The fourth-order valence-electron chi connectivity index (χ4n) is 3.10. The Bertz CT molecular complexity index is 1360. The summed E-state index contributed by atoms with van der Waals surface area (Å²) in [5.74, 6) is -0.200. The minimum atomic E-state index is -0.257. The van der Waals surface area contributed by atoms with E-state index in [0.717, 1.165) is 27.5 Å². The number of thioether (sulfide) groups is 1. The van der Waals surface area contributed by atoms with Gasteiger partial charge < -0.3 is 11.1 Å². The number of benzene rings is 1. The molecule has 0 spiro atoms. The lowest BCUT2D eigenvalue weighted by Gasteiger charge is -2.12. The first-order chi connectivity index (χ1) is 15.1. The van der Waals surface area contributed by atoms with Gasteiger partial charge in [-0.2, -0.15) is 10.5 Å². The van der Waals surface area contributed by atoms with Crippen molar-refractivity contribution in [2.75, 3.05) is 16.8 Å². The van der Waals surface area contributed by atoms with E-state index < -0.39 is 0 Å². The molecule has 0 bridgehead atoms. The molecule has 3 N–H and O–H groups in total. The monoisotopic (exact) mass is 442 g/mol. The van der Waals surface area contributed by atoms with E-state index in [0.29, 0.717) is 16.3 Å². The lowest BCUT2D eigenvalue weighted by atomic mass is 10.0. The van der Waals surface area contributed by atoms with Crippen molar-refractivity contribution in [3.05, 3.63) is 65.2 Å². The van der Waals surface area contributed by atoms with Crippen molar-refractivity contribution in [2.24, 2.45) is 0 Å². The lowest BCUT2D eigenvalue weighted by Crippen LogP contribution is -2.15. The summed E-state index contributed by atoms with van der Waals surface area (Å²) in [6.07, 6.45) is 1.69. The van der Waals surface area contributed by atoms with E-state index in [9.17, 15) is 15.3 Å². The van der Waals surface area contributed by atoms with Crippen LogP contribution in [-0.4, -0.2) is 21.6 Å². The number of amides is 1. The number of nitrogens with one attached hydrogen (secondary N) is 1. The molecule has 150 valence electrons. The van der Waals surface area contributed by atoms with Crippen LogP contribution in [0.5, 0.6) is 0 Å². The summed E-state index contributed by atoms with van der Waals surface area (Å²) in [6, 6.07) is 17.0. The topological polar surface area (TPSA) is 128 Å². The number of nitriles is 2. The zero-order valence-electron chi connectivity index (χ0n) is 16.0. The van der Waals surface area contributed by atoms with Crippen LogP contribution in [-0.2, 0) is 4.79 Å². The van der Waals surface area contributed by atoms with Crippen LogP contribution in [0.2, 0.25) is 0 Å². The highest BCUT2D eigenvalue weighted by Crippen LogP contribution is 2.37. The van der Waals surface area contributed by atoms with Crippen LogP contribution >= 0.6 is 23.1 Å². The first-order valence-corrected chi connectivity index (χ1v) is 10.9. The molecule has 0 aliphatic heterocycles. The van der Waals surface area contributed by atoms with Gasteiger partial charge in [0.1, 0.15) is 28.5 Å². The first kappa shape index (κ1) is 20.4. The Morgan fingerprint density at radius 3 is 2.71 bits per heavy atom. The number of hydrogen-bond donors (Lipinski definition) is 2. The minimum Gasteiger partial charge on any atom is -0.383 e. The normalized spacial score (nSPS) is 10.4. The highest BCUT2D eigenvalue weighted by molar-refractivity contribution is 8.00. The van der Waals surface area contributed by atoms with Crippen LogP contribution in [0.4, 0.5) is 11.5 Å². The molecule has 4 aromatic rings. The summed E-state index contributed by atoms with van der Waals surface area (Å²) in [5, 5.41) is 25.2. The molecule has 1 aromatic carbocycles. The number of nitrogen functional groups attached to an aromatic ring is 1. The number of anilines is 2. The van der Waals surface area contributed by atoms with E-state index in [1.165, 1.54) is 11.3 Å². The van der Waals surface area contributed by atoms with Crippen molar-refractivity contribution < 1.29 is 4.79 Å². The summed E-state index contributed by atoms with van der Waals surface area (Å²) in [4.78, 5) is 21.9. The van der Waals surface area contributed by atoms with Crippen LogP contribution < -0.4 is 11.1 Å². The Hall–Kier alpha value is -3.92. The number of nitrogens with two attached hydrogens (primary N) is 1. The number of thiophene rings is 1. The molecule has 1 amide bonds. The summed E-state index contributed by atoms with van der Waals surface area (Å²) in [7, 11) is 0. The molecular formula is C22H14N6OS2. The predicted octanol–water partition coefficient (Wildman–Crippen LogP) is 4.41. The zero-order valence-corrected chi connectivity index (χ0v) is 17.6. The van der Waals surface area contributed by atoms with Gasteiger partial charge in [-0.25, -0.2) is 4.98 Å². The van der Waals surface area contributed by atoms with E-state index in [2.05, 4.69) is 21.4 Å². The van der Waals surface area contributed by atoms with Crippen LogP contribution in [0.15, 0.2) is 59.1 Å². The van der Waals surface area contributed by atoms with Gasteiger partial charge in [0.25, 0.3) is 0 Å². The van der Waals surface area contributed by atoms with E-state index >= 15 is 0 Å². The van der Waals surface area contributed by atoms with E-state index in [1.807, 2.05) is 47.8 Å². The van der Waals surface area contributed by atoms with Crippen molar-refractivity contribution >= 4 is 51.4 Å². The molecule has 0 atom stereocenters. The van der Waals surface area contributed by atoms with E-state index in [4.69, 9.17) is 5.73 Å². The third-order valence-corrected chi connectivity index (χ3v) is 6.31. The number of aromatic nitrogens is 2. The Morgan fingerprint density at radius 1 is 1.13 bits per heavy atom. The van der Waals surface area contributed by atoms with Crippen LogP contribution in [0, 0.1) is 22.7 Å². The van der Waals surface area contributed by atoms with Gasteiger partial charge in [0.2, 0.25) is 5.91 Å². The largest absolute Gasteiger partial charge is 0.383 e. The molecule has 3 heterocycles. The molecule has 4 rings (SSSR count). The van der Waals surface area contributed by atoms with Gasteiger partial charge in [-0.1, -0.05) is 23.9 Å². The number of nitrogens with zero attached hydrogens (tertiary/aromatic N) is 4. The van der Waals surface area contributed by atoms with Crippen LogP contribution in [0.1, 0.15) is 11.1 Å². The molecule has 0 unspecified atom stereocenters. The number of carbonyl (C=O) groups excluding carboxylic acids is 1. The number of fused-ring (bicyclic) bond motifs is 1. The molecule has 9 heteroatoms. The summed E-state index contributed by atoms with van der Waals surface area (Å²) in [6.45, 7) is 0.